The molecule has 0 bridgehead atoms. The van der Waals surface area contributed by atoms with Crippen LogP contribution in [0.3, 0.4) is 0 Å². The molecule has 5 heteroatoms. The van der Waals surface area contributed by atoms with E-state index in [9.17, 15) is 13.6 Å². The van der Waals surface area contributed by atoms with Gasteiger partial charge in [0.1, 0.15) is 11.6 Å². The summed E-state index contributed by atoms with van der Waals surface area (Å²) < 4.78 is 27.2. The Hall–Kier alpha value is -1.49. The van der Waals surface area contributed by atoms with Crippen LogP contribution in [0.15, 0.2) is 12.1 Å². The van der Waals surface area contributed by atoms with Crippen LogP contribution in [0, 0.1) is 18.6 Å². The molecule has 0 radical (unpaired) electrons. The summed E-state index contributed by atoms with van der Waals surface area (Å²) >= 11 is 0. The molecule has 1 atom stereocenters. The van der Waals surface area contributed by atoms with Crippen LogP contribution in [0.5, 0.6) is 0 Å². The standard InChI is InChI=1S/C16H22F2N2O/c1-3-20(10-12-6-4-5-7-19-12)16(21)13-8-11(2)14(17)9-15(13)18/h8-9,12,19H,3-7,10H2,1-2H3. The number of piperidine rings is 1. The maximum absolute atomic E-state index is 13.9. The molecule has 1 aliphatic rings. The number of likely N-dealkylation sites (N-methyl/N-ethyl adjacent to an activating group) is 1. The van der Waals surface area contributed by atoms with Gasteiger partial charge < -0.3 is 10.2 Å². The lowest BCUT2D eigenvalue weighted by molar-refractivity contribution is 0.0736. The van der Waals surface area contributed by atoms with E-state index in [1.807, 2.05) is 6.92 Å². The summed E-state index contributed by atoms with van der Waals surface area (Å²) in [6, 6.07) is 2.34. The maximum atomic E-state index is 13.9. The average molecular weight is 296 g/mol. The number of amides is 1. The Morgan fingerprint density at radius 3 is 2.71 bits per heavy atom. The van der Waals surface area contributed by atoms with Crippen LogP contribution in [-0.4, -0.2) is 36.5 Å². The summed E-state index contributed by atoms with van der Waals surface area (Å²) in [7, 11) is 0. The monoisotopic (exact) mass is 296 g/mol. The summed E-state index contributed by atoms with van der Waals surface area (Å²) in [5.74, 6) is -1.79. The fourth-order valence-electron chi connectivity index (χ4n) is 2.69. The normalized spacial score (nSPS) is 18.6. The molecular weight excluding hydrogens is 274 g/mol. The van der Waals surface area contributed by atoms with E-state index < -0.39 is 11.6 Å². The second-order valence-corrected chi connectivity index (χ2v) is 5.57. The van der Waals surface area contributed by atoms with Crippen molar-refractivity contribution in [3.8, 4) is 0 Å². The quantitative estimate of drug-likeness (QED) is 0.926. The Bertz CT molecular complexity index is 513. The minimum absolute atomic E-state index is 0.0495. The Kier molecular flexibility index (Phi) is 5.28. The number of hydrogen-bond acceptors (Lipinski definition) is 2. The van der Waals surface area contributed by atoms with Crippen LogP contribution in [0.25, 0.3) is 0 Å². The molecule has 1 saturated heterocycles. The van der Waals surface area contributed by atoms with Gasteiger partial charge in [0.2, 0.25) is 0 Å². The van der Waals surface area contributed by atoms with Gasteiger partial charge >= 0.3 is 0 Å². The van der Waals surface area contributed by atoms with Gasteiger partial charge in [0, 0.05) is 25.2 Å². The molecule has 1 aromatic rings. The van der Waals surface area contributed by atoms with Crippen molar-refractivity contribution in [1.29, 1.82) is 0 Å². The van der Waals surface area contributed by atoms with Gasteiger partial charge in [0.05, 0.1) is 5.56 Å². The highest BCUT2D eigenvalue weighted by Crippen LogP contribution is 2.17. The Labute approximate surface area is 124 Å². The zero-order chi connectivity index (χ0) is 15.4. The van der Waals surface area contributed by atoms with Gasteiger partial charge in [-0.05, 0) is 44.9 Å². The summed E-state index contributed by atoms with van der Waals surface area (Å²) in [5, 5.41) is 3.38. The highest BCUT2D eigenvalue weighted by Gasteiger charge is 2.23. The number of hydrogen-bond donors (Lipinski definition) is 1. The number of rotatable bonds is 4. The van der Waals surface area contributed by atoms with Crippen molar-refractivity contribution in [3.63, 3.8) is 0 Å². The molecule has 1 fully saturated rings. The minimum Gasteiger partial charge on any atom is -0.337 e. The first-order valence-electron chi connectivity index (χ1n) is 7.51. The highest BCUT2D eigenvalue weighted by molar-refractivity contribution is 5.94. The molecule has 0 saturated carbocycles. The number of halogens is 2. The second-order valence-electron chi connectivity index (χ2n) is 5.57. The van der Waals surface area contributed by atoms with Crippen LogP contribution in [0.4, 0.5) is 8.78 Å². The van der Waals surface area contributed by atoms with Gasteiger partial charge in [-0.2, -0.15) is 0 Å². The first kappa shape index (κ1) is 15.9. The minimum atomic E-state index is -0.793. The molecule has 1 N–H and O–H groups in total. The van der Waals surface area contributed by atoms with Crippen LogP contribution in [0.2, 0.25) is 0 Å². The molecule has 1 unspecified atom stereocenters. The fourth-order valence-corrected chi connectivity index (χ4v) is 2.69. The van der Waals surface area contributed by atoms with Gasteiger partial charge in [0.15, 0.2) is 0 Å². The molecule has 1 heterocycles. The van der Waals surface area contributed by atoms with E-state index in [1.54, 1.807) is 4.90 Å². The van der Waals surface area contributed by atoms with Crippen molar-refractivity contribution in [1.82, 2.24) is 10.2 Å². The van der Waals surface area contributed by atoms with E-state index in [4.69, 9.17) is 0 Å². The lowest BCUT2D eigenvalue weighted by atomic mass is 10.0. The largest absolute Gasteiger partial charge is 0.337 e. The number of aryl methyl sites for hydroxylation is 1. The van der Waals surface area contributed by atoms with E-state index in [2.05, 4.69) is 5.32 Å². The number of nitrogens with zero attached hydrogens (tertiary/aromatic N) is 1. The molecule has 2 rings (SSSR count). The van der Waals surface area contributed by atoms with Crippen molar-refractivity contribution < 1.29 is 13.6 Å². The summed E-state index contributed by atoms with van der Waals surface area (Å²) in [4.78, 5) is 14.1. The second kappa shape index (κ2) is 6.98. The van der Waals surface area contributed by atoms with Crippen molar-refractivity contribution in [2.45, 2.75) is 39.2 Å². The number of nitrogens with one attached hydrogen (secondary N) is 1. The topological polar surface area (TPSA) is 32.3 Å². The maximum Gasteiger partial charge on any atom is 0.256 e. The van der Waals surface area contributed by atoms with Gasteiger partial charge in [-0.15, -0.1) is 0 Å². The third kappa shape index (κ3) is 3.79. The van der Waals surface area contributed by atoms with E-state index in [1.165, 1.54) is 13.0 Å². The van der Waals surface area contributed by atoms with Crippen LogP contribution in [0.1, 0.15) is 42.1 Å². The first-order chi connectivity index (χ1) is 10.0. The third-order valence-electron chi connectivity index (χ3n) is 4.00. The molecule has 0 spiro atoms. The molecule has 21 heavy (non-hydrogen) atoms. The number of carbonyl (C=O) groups excluding carboxylic acids is 1. The van der Waals surface area contributed by atoms with Crippen LogP contribution < -0.4 is 5.32 Å². The van der Waals surface area contributed by atoms with Gasteiger partial charge in [0.25, 0.3) is 5.91 Å². The smallest absolute Gasteiger partial charge is 0.256 e. The fraction of sp³-hybridized carbons (Fsp3) is 0.562. The van der Waals surface area contributed by atoms with Crippen molar-refractivity contribution >= 4 is 5.91 Å². The first-order valence-corrected chi connectivity index (χ1v) is 7.51. The number of carbonyl (C=O) groups is 1. The van der Waals surface area contributed by atoms with Crippen molar-refractivity contribution in [3.05, 3.63) is 34.9 Å². The molecule has 1 amide bonds. The SMILES string of the molecule is CCN(CC1CCCCN1)C(=O)c1cc(C)c(F)cc1F. The van der Waals surface area contributed by atoms with Crippen molar-refractivity contribution in [2.24, 2.45) is 0 Å². The lowest BCUT2D eigenvalue weighted by Crippen LogP contribution is -2.45. The molecule has 116 valence electrons. The Balaban J connectivity index is 2.14. The highest BCUT2D eigenvalue weighted by atomic mass is 19.1. The van der Waals surface area contributed by atoms with Gasteiger partial charge in [-0.25, -0.2) is 8.78 Å². The van der Waals surface area contributed by atoms with E-state index in [0.29, 0.717) is 13.1 Å². The third-order valence-corrected chi connectivity index (χ3v) is 4.00. The molecule has 1 aromatic carbocycles. The zero-order valence-electron chi connectivity index (χ0n) is 12.6. The summed E-state index contributed by atoms with van der Waals surface area (Å²) in [6.45, 7) is 5.43. The Morgan fingerprint density at radius 2 is 2.10 bits per heavy atom. The van der Waals surface area contributed by atoms with Crippen LogP contribution >= 0.6 is 0 Å². The molecule has 0 aromatic heterocycles. The van der Waals surface area contributed by atoms with E-state index in [0.717, 1.165) is 31.9 Å². The van der Waals surface area contributed by atoms with E-state index >= 15 is 0 Å². The molecular formula is C16H22F2N2O. The predicted octanol–water partition coefficient (Wildman–Crippen LogP) is 2.88. The predicted molar refractivity (Wildman–Crippen MR) is 78.3 cm³/mol. The molecule has 1 aliphatic heterocycles. The number of benzene rings is 1. The zero-order valence-corrected chi connectivity index (χ0v) is 12.6. The molecule has 3 nitrogen and oxygen atoms in total. The molecule has 0 aliphatic carbocycles. The summed E-state index contributed by atoms with van der Waals surface area (Å²) in [5.41, 5.74) is 0.234. The average Bonchev–Trinajstić information content (AvgIpc) is 2.49. The Morgan fingerprint density at radius 1 is 1.33 bits per heavy atom. The summed E-state index contributed by atoms with van der Waals surface area (Å²) in [6.07, 6.45) is 3.32. The van der Waals surface area contributed by atoms with Crippen molar-refractivity contribution in [2.75, 3.05) is 19.6 Å². The van der Waals surface area contributed by atoms with Gasteiger partial charge in [-0.1, -0.05) is 6.42 Å². The lowest BCUT2D eigenvalue weighted by Gasteiger charge is -2.30. The van der Waals surface area contributed by atoms with Crippen LogP contribution in [-0.2, 0) is 0 Å². The van der Waals surface area contributed by atoms with Gasteiger partial charge in [-0.3, -0.25) is 4.79 Å². The van der Waals surface area contributed by atoms with E-state index in [-0.39, 0.29) is 23.1 Å².